The zero-order chi connectivity index (χ0) is 26.2. The molecule has 3 rings (SSSR count). The van der Waals surface area contributed by atoms with Gasteiger partial charge in [-0.05, 0) is 35.9 Å². The van der Waals surface area contributed by atoms with Crippen molar-refractivity contribution < 1.29 is 38.1 Å². The predicted octanol–water partition coefficient (Wildman–Crippen LogP) is 2.84. The molecule has 192 valence electrons. The number of methoxy groups -OCH3 is 2. The molecule has 0 aromatic heterocycles. The number of hydrogen-bond acceptors (Lipinski definition) is 7. The Balaban J connectivity index is 1.83. The summed E-state index contributed by atoms with van der Waals surface area (Å²) in [6.07, 6.45) is -1.57. The van der Waals surface area contributed by atoms with E-state index >= 15 is 0 Å². The molecule has 2 aromatic rings. The molecule has 1 heterocycles. The molecular weight excluding hydrogens is 475 g/mol. The fourth-order valence-corrected chi connectivity index (χ4v) is 3.84. The Kier molecular flexibility index (Phi) is 8.66. The second-order valence-corrected chi connectivity index (χ2v) is 7.97. The first-order valence-electron chi connectivity index (χ1n) is 11.1. The lowest BCUT2D eigenvalue weighted by Gasteiger charge is -2.36. The van der Waals surface area contributed by atoms with Crippen molar-refractivity contribution in [1.29, 1.82) is 0 Å². The zero-order valence-corrected chi connectivity index (χ0v) is 19.8. The van der Waals surface area contributed by atoms with Gasteiger partial charge in [-0.25, -0.2) is 14.0 Å². The molecule has 12 heteroatoms. The minimum absolute atomic E-state index is 0.163. The monoisotopic (exact) mass is 502 g/mol. The van der Waals surface area contributed by atoms with Gasteiger partial charge in [-0.3, -0.25) is 14.9 Å². The van der Waals surface area contributed by atoms with E-state index in [2.05, 4.69) is 10.6 Å². The molecule has 1 atom stereocenters. The molecular formula is C24H27FN4O7. The molecule has 3 amide bonds. The van der Waals surface area contributed by atoms with Gasteiger partial charge in [-0.1, -0.05) is 12.1 Å². The number of carbonyl (C=O) groups excluding carboxylic acids is 3. The molecule has 0 radical (unpaired) electrons. The van der Waals surface area contributed by atoms with Crippen molar-refractivity contribution >= 4 is 35.4 Å². The van der Waals surface area contributed by atoms with Crippen LogP contribution in [0.1, 0.15) is 28.4 Å². The Bertz CT molecular complexity index is 1120. The standard InChI is InChI=1S/C24H27FN4O7/c1-35-23(33)27-19-13-16(5-8-20(19)28-9-11-29(12-10-28)24(34)36-2)22(32)26-18(14-21(30)31)15-3-6-17(25)7-4-15/h3-8,13,18H,9-12,14H2,1-2H3,(H,26,32)(H,27,33)(H,30,31). The average molecular weight is 502 g/mol. The summed E-state index contributed by atoms with van der Waals surface area (Å²) in [6.45, 7) is 1.73. The van der Waals surface area contributed by atoms with Gasteiger partial charge >= 0.3 is 18.2 Å². The summed E-state index contributed by atoms with van der Waals surface area (Å²) in [5, 5.41) is 14.5. The van der Waals surface area contributed by atoms with Crippen LogP contribution >= 0.6 is 0 Å². The van der Waals surface area contributed by atoms with Crippen LogP contribution in [-0.2, 0) is 14.3 Å². The number of halogens is 1. The van der Waals surface area contributed by atoms with Crippen LogP contribution in [0, 0.1) is 5.82 Å². The summed E-state index contributed by atoms with van der Waals surface area (Å²) in [7, 11) is 2.52. The summed E-state index contributed by atoms with van der Waals surface area (Å²) in [5.41, 5.74) is 1.51. The van der Waals surface area contributed by atoms with E-state index in [9.17, 15) is 28.7 Å². The van der Waals surface area contributed by atoms with Crippen LogP contribution in [0.25, 0.3) is 0 Å². The molecule has 1 saturated heterocycles. The highest BCUT2D eigenvalue weighted by Gasteiger charge is 2.25. The third-order valence-electron chi connectivity index (χ3n) is 5.69. The Morgan fingerprint density at radius 2 is 1.67 bits per heavy atom. The Hall–Kier alpha value is -4.35. The summed E-state index contributed by atoms with van der Waals surface area (Å²) < 4.78 is 22.8. The zero-order valence-electron chi connectivity index (χ0n) is 19.8. The number of carbonyl (C=O) groups is 4. The summed E-state index contributed by atoms with van der Waals surface area (Å²) in [5.74, 6) is -2.21. The van der Waals surface area contributed by atoms with E-state index in [1.807, 2.05) is 4.90 Å². The number of aliphatic carboxylic acids is 1. The van der Waals surface area contributed by atoms with Gasteiger partial charge in [-0.2, -0.15) is 0 Å². The van der Waals surface area contributed by atoms with Crippen molar-refractivity contribution in [3.8, 4) is 0 Å². The number of rotatable bonds is 7. The van der Waals surface area contributed by atoms with Gasteiger partial charge in [-0.15, -0.1) is 0 Å². The van der Waals surface area contributed by atoms with Gasteiger partial charge < -0.3 is 29.7 Å². The highest BCUT2D eigenvalue weighted by Crippen LogP contribution is 2.29. The maximum atomic E-state index is 13.3. The molecule has 36 heavy (non-hydrogen) atoms. The van der Waals surface area contributed by atoms with Crippen molar-refractivity contribution in [3.63, 3.8) is 0 Å². The lowest BCUT2D eigenvalue weighted by Crippen LogP contribution is -2.49. The van der Waals surface area contributed by atoms with Gasteiger partial charge in [0.2, 0.25) is 0 Å². The highest BCUT2D eigenvalue weighted by atomic mass is 19.1. The lowest BCUT2D eigenvalue weighted by molar-refractivity contribution is -0.137. The minimum Gasteiger partial charge on any atom is -0.481 e. The Morgan fingerprint density at radius 3 is 2.25 bits per heavy atom. The number of nitrogens with one attached hydrogen (secondary N) is 2. The van der Waals surface area contributed by atoms with Crippen molar-refractivity contribution in [1.82, 2.24) is 10.2 Å². The number of carboxylic acids is 1. The molecule has 1 fully saturated rings. The molecule has 0 bridgehead atoms. The quantitative estimate of drug-likeness (QED) is 0.526. The minimum atomic E-state index is -1.14. The van der Waals surface area contributed by atoms with Gasteiger partial charge in [0, 0.05) is 31.7 Å². The molecule has 0 spiro atoms. The second kappa shape index (κ2) is 11.9. The van der Waals surface area contributed by atoms with Crippen molar-refractivity contribution in [3.05, 3.63) is 59.4 Å². The number of anilines is 2. The molecule has 3 N–H and O–H groups in total. The largest absolute Gasteiger partial charge is 0.481 e. The van der Waals surface area contributed by atoms with Crippen molar-refractivity contribution in [2.45, 2.75) is 12.5 Å². The van der Waals surface area contributed by atoms with E-state index in [0.29, 0.717) is 43.1 Å². The number of piperazine rings is 1. The van der Waals surface area contributed by atoms with Crippen molar-refractivity contribution in [2.75, 3.05) is 50.6 Å². The number of benzene rings is 2. The van der Waals surface area contributed by atoms with E-state index in [1.54, 1.807) is 17.0 Å². The number of hydrogen-bond donors (Lipinski definition) is 3. The Morgan fingerprint density at radius 1 is 1.00 bits per heavy atom. The van der Waals surface area contributed by atoms with Gasteiger partial charge in [0.15, 0.2) is 0 Å². The first kappa shape index (κ1) is 26.3. The molecule has 0 saturated carbocycles. The van der Waals surface area contributed by atoms with E-state index < -0.39 is 42.3 Å². The molecule has 1 unspecified atom stereocenters. The fraction of sp³-hybridized carbons (Fsp3) is 0.333. The summed E-state index contributed by atoms with van der Waals surface area (Å²) in [4.78, 5) is 51.6. The highest BCUT2D eigenvalue weighted by molar-refractivity contribution is 5.99. The predicted molar refractivity (Wildman–Crippen MR) is 128 cm³/mol. The van der Waals surface area contributed by atoms with Crippen LogP contribution in [0.3, 0.4) is 0 Å². The van der Waals surface area contributed by atoms with Gasteiger partial charge in [0.05, 0.1) is 38.1 Å². The first-order valence-corrected chi connectivity index (χ1v) is 11.1. The van der Waals surface area contributed by atoms with Crippen LogP contribution < -0.4 is 15.5 Å². The molecule has 2 aromatic carbocycles. The van der Waals surface area contributed by atoms with Crippen LogP contribution in [-0.4, -0.2) is 74.5 Å². The molecule has 1 aliphatic rings. The first-order chi connectivity index (χ1) is 17.2. The Labute approximate surface area is 206 Å². The maximum Gasteiger partial charge on any atom is 0.411 e. The van der Waals surface area contributed by atoms with Crippen LogP contribution in [0.4, 0.5) is 25.4 Å². The van der Waals surface area contributed by atoms with Crippen molar-refractivity contribution in [2.24, 2.45) is 0 Å². The smallest absolute Gasteiger partial charge is 0.411 e. The third kappa shape index (κ3) is 6.62. The van der Waals surface area contributed by atoms with E-state index in [-0.39, 0.29) is 5.56 Å². The fourth-order valence-electron chi connectivity index (χ4n) is 3.84. The van der Waals surface area contributed by atoms with Crippen LogP contribution in [0.5, 0.6) is 0 Å². The summed E-state index contributed by atoms with van der Waals surface area (Å²) in [6, 6.07) is 8.93. The molecule has 0 aliphatic carbocycles. The van der Waals surface area contributed by atoms with Crippen LogP contribution in [0.15, 0.2) is 42.5 Å². The van der Waals surface area contributed by atoms with Gasteiger partial charge in [0.1, 0.15) is 5.82 Å². The number of amides is 3. The van der Waals surface area contributed by atoms with E-state index in [1.165, 1.54) is 44.6 Å². The SMILES string of the molecule is COC(=O)Nc1cc(C(=O)NC(CC(=O)O)c2ccc(F)cc2)ccc1N1CCN(C(=O)OC)CC1. The second-order valence-electron chi connectivity index (χ2n) is 7.97. The maximum absolute atomic E-state index is 13.3. The number of nitrogens with zero attached hydrogens (tertiary/aromatic N) is 2. The van der Waals surface area contributed by atoms with Crippen LogP contribution in [0.2, 0.25) is 0 Å². The molecule has 11 nitrogen and oxygen atoms in total. The average Bonchev–Trinajstić information content (AvgIpc) is 2.88. The lowest BCUT2D eigenvalue weighted by atomic mass is 10.0. The van der Waals surface area contributed by atoms with E-state index in [0.717, 1.165) is 0 Å². The summed E-state index contributed by atoms with van der Waals surface area (Å²) >= 11 is 0. The number of carboxylic acid groups (broad SMARTS) is 1. The normalized spacial score (nSPS) is 14.0. The number of ether oxygens (including phenoxy) is 2. The van der Waals surface area contributed by atoms with E-state index in [4.69, 9.17) is 9.47 Å². The third-order valence-corrected chi connectivity index (χ3v) is 5.69. The molecule has 1 aliphatic heterocycles. The topological polar surface area (TPSA) is 138 Å². The van der Waals surface area contributed by atoms with Gasteiger partial charge in [0.25, 0.3) is 5.91 Å².